The zero-order valence-electron chi connectivity index (χ0n) is 11.9. The maximum absolute atomic E-state index is 6.12. The van der Waals surface area contributed by atoms with Crippen molar-refractivity contribution in [1.29, 1.82) is 0 Å². The van der Waals surface area contributed by atoms with Gasteiger partial charge in [0.25, 0.3) is 0 Å². The van der Waals surface area contributed by atoms with E-state index in [-0.39, 0.29) is 6.04 Å². The first-order chi connectivity index (χ1) is 10.3. The molecule has 1 aliphatic rings. The van der Waals surface area contributed by atoms with Gasteiger partial charge in [0.05, 0.1) is 7.11 Å². The first-order valence-corrected chi connectivity index (χ1v) is 7.19. The average molecular weight is 279 g/mol. The Kier molecular flexibility index (Phi) is 2.76. The van der Waals surface area contributed by atoms with Gasteiger partial charge in [-0.3, -0.25) is 0 Å². The summed E-state index contributed by atoms with van der Waals surface area (Å²) in [6, 6.07) is 16.4. The third kappa shape index (κ3) is 2.01. The molecule has 1 heterocycles. The fourth-order valence-electron chi connectivity index (χ4n) is 2.94. The molecule has 1 saturated carbocycles. The van der Waals surface area contributed by atoms with Crippen LogP contribution in [0.4, 0.5) is 0 Å². The highest BCUT2D eigenvalue weighted by molar-refractivity contribution is 5.90. The standard InChI is InChI=1S/C18H17NO2/c1-20-12-7-8-16-14(9-12)17(13-10-15(13)19)18(21-16)11-5-3-2-4-6-11/h2-9,13,15H,10,19H2,1H3. The van der Waals surface area contributed by atoms with Gasteiger partial charge in [-0.2, -0.15) is 0 Å². The van der Waals surface area contributed by atoms with Crippen LogP contribution in [0.3, 0.4) is 0 Å². The highest BCUT2D eigenvalue weighted by Gasteiger charge is 2.39. The molecule has 2 unspecified atom stereocenters. The molecule has 2 atom stereocenters. The van der Waals surface area contributed by atoms with Gasteiger partial charge in [-0.25, -0.2) is 0 Å². The summed E-state index contributed by atoms with van der Waals surface area (Å²) in [5.41, 5.74) is 9.31. The monoisotopic (exact) mass is 279 g/mol. The van der Waals surface area contributed by atoms with E-state index in [0.29, 0.717) is 5.92 Å². The van der Waals surface area contributed by atoms with Crippen LogP contribution in [-0.2, 0) is 0 Å². The summed E-state index contributed by atoms with van der Waals surface area (Å²) < 4.78 is 11.5. The van der Waals surface area contributed by atoms with Crippen molar-refractivity contribution in [3.05, 3.63) is 54.1 Å². The van der Waals surface area contributed by atoms with Crippen LogP contribution >= 0.6 is 0 Å². The van der Waals surface area contributed by atoms with Crippen LogP contribution < -0.4 is 10.5 Å². The molecule has 3 heteroatoms. The minimum absolute atomic E-state index is 0.236. The van der Waals surface area contributed by atoms with Gasteiger partial charge in [-0.1, -0.05) is 30.3 Å². The number of hydrogen-bond donors (Lipinski definition) is 1. The molecular formula is C18H17NO2. The van der Waals surface area contributed by atoms with Gasteiger partial charge in [0, 0.05) is 28.5 Å². The van der Waals surface area contributed by atoms with E-state index in [1.54, 1.807) is 7.11 Å². The average Bonchev–Trinajstić information content (AvgIpc) is 3.12. The molecule has 2 N–H and O–H groups in total. The van der Waals surface area contributed by atoms with Crippen LogP contribution in [0.5, 0.6) is 5.75 Å². The van der Waals surface area contributed by atoms with Gasteiger partial charge < -0.3 is 14.9 Å². The number of ether oxygens (including phenoxy) is 1. The van der Waals surface area contributed by atoms with Crippen molar-refractivity contribution in [3.8, 4) is 17.1 Å². The van der Waals surface area contributed by atoms with E-state index in [0.717, 1.165) is 34.5 Å². The SMILES string of the molecule is COc1ccc2oc(-c3ccccc3)c(C3CC3N)c2c1. The lowest BCUT2D eigenvalue weighted by atomic mass is 10.0. The lowest BCUT2D eigenvalue weighted by molar-refractivity contribution is 0.415. The Morgan fingerprint density at radius 3 is 2.57 bits per heavy atom. The van der Waals surface area contributed by atoms with Gasteiger partial charge in [0.2, 0.25) is 0 Å². The van der Waals surface area contributed by atoms with Crippen molar-refractivity contribution < 1.29 is 9.15 Å². The molecule has 21 heavy (non-hydrogen) atoms. The van der Waals surface area contributed by atoms with Gasteiger partial charge >= 0.3 is 0 Å². The van der Waals surface area contributed by atoms with Crippen LogP contribution in [-0.4, -0.2) is 13.2 Å². The highest BCUT2D eigenvalue weighted by Crippen LogP contribution is 2.48. The molecule has 1 aliphatic carbocycles. The van der Waals surface area contributed by atoms with Gasteiger partial charge in [-0.15, -0.1) is 0 Å². The Morgan fingerprint density at radius 1 is 1.14 bits per heavy atom. The number of methoxy groups -OCH3 is 1. The van der Waals surface area contributed by atoms with E-state index in [1.807, 2.05) is 36.4 Å². The van der Waals surface area contributed by atoms with Crippen molar-refractivity contribution in [1.82, 2.24) is 0 Å². The summed E-state index contributed by atoms with van der Waals surface area (Å²) in [5, 5.41) is 1.12. The molecule has 3 aromatic rings. The minimum Gasteiger partial charge on any atom is -0.497 e. The van der Waals surface area contributed by atoms with Crippen LogP contribution in [0.2, 0.25) is 0 Å². The van der Waals surface area contributed by atoms with Gasteiger partial charge in [0.15, 0.2) is 0 Å². The zero-order chi connectivity index (χ0) is 14.4. The summed E-state index contributed by atoms with van der Waals surface area (Å²) >= 11 is 0. The quantitative estimate of drug-likeness (QED) is 0.790. The molecule has 0 amide bonds. The second-order valence-electron chi connectivity index (χ2n) is 5.58. The van der Waals surface area contributed by atoms with Crippen molar-refractivity contribution in [2.45, 2.75) is 18.4 Å². The molecule has 4 rings (SSSR count). The Labute approximate surface area is 123 Å². The van der Waals surface area contributed by atoms with Gasteiger partial charge in [0.1, 0.15) is 17.1 Å². The van der Waals surface area contributed by atoms with Crippen molar-refractivity contribution in [3.63, 3.8) is 0 Å². The molecule has 2 aromatic carbocycles. The molecule has 106 valence electrons. The van der Waals surface area contributed by atoms with E-state index in [1.165, 1.54) is 5.56 Å². The molecule has 0 saturated heterocycles. The zero-order valence-corrected chi connectivity index (χ0v) is 11.9. The number of rotatable bonds is 3. The lowest BCUT2D eigenvalue weighted by Crippen LogP contribution is -2.01. The third-order valence-corrected chi connectivity index (χ3v) is 4.18. The lowest BCUT2D eigenvalue weighted by Gasteiger charge is -2.03. The van der Waals surface area contributed by atoms with Gasteiger partial charge in [-0.05, 0) is 24.6 Å². The number of nitrogens with two attached hydrogens (primary N) is 1. The van der Waals surface area contributed by atoms with E-state index in [4.69, 9.17) is 14.9 Å². The first-order valence-electron chi connectivity index (χ1n) is 7.19. The fraction of sp³-hybridized carbons (Fsp3) is 0.222. The fourth-order valence-corrected chi connectivity index (χ4v) is 2.94. The summed E-state index contributed by atoms with van der Waals surface area (Å²) in [4.78, 5) is 0. The maximum atomic E-state index is 6.12. The molecule has 0 aliphatic heterocycles. The molecule has 1 fully saturated rings. The van der Waals surface area contributed by atoms with Crippen molar-refractivity contribution in [2.75, 3.05) is 7.11 Å². The molecule has 1 aromatic heterocycles. The summed E-state index contributed by atoms with van der Waals surface area (Å²) in [5.74, 6) is 2.17. The predicted octanol–water partition coefficient (Wildman–Crippen LogP) is 3.92. The van der Waals surface area contributed by atoms with Crippen molar-refractivity contribution in [2.24, 2.45) is 5.73 Å². The summed E-state index contributed by atoms with van der Waals surface area (Å²) in [6.07, 6.45) is 1.02. The highest BCUT2D eigenvalue weighted by atomic mass is 16.5. The molecule has 0 radical (unpaired) electrons. The number of hydrogen-bond acceptors (Lipinski definition) is 3. The van der Waals surface area contributed by atoms with Crippen LogP contribution in [0.15, 0.2) is 52.9 Å². The third-order valence-electron chi connectivity index (χ3n) is 4.18. The first kappa shape index (κ1) is 12.5. The van der Waals surface area contributed by atoms with E-state index >= 15 is 0 Å². The number of benzene rings is 2. The van der Waals surface area contributed by atoms with E-state index in [9.17, 15) is 0 Å². The largest absolute Gasteiger partial charge is 0.497 e. The summed E-state index contributed by atoms with van der Waals surface area (Å²) in [6.45, 7) is 0. The Balaban J connectivity index is 1.97. The van der Waals surface area contributed by atoms with Crippen molar-refractivity contribution >= 4 is 11.0 Å². The second-order valence-corrected chi connectivity index (χ2v) is 5.58. The molecule has 3 nitrogen and oxygen atoms in total. The molecule has 0 spiro atoms. The van der Waals surface area contributed by atoms with E-state index in [2.05, 4.69) is 12.1 Å². The predicted molar refractivity (Wildman–Crippen MR) is 83.5 cm³/mol. The summed E-state index contributed by atoms with van der Waals surface area (Å²) in [7, 11) is 1.68. The number of fused-ring (bicyclic) bond motifs is 1. The molecule has 0 bridgehead atoms. The number of furan rings is 1. The Hall–Kier alpha value is -2.26. The van der Waals surface area contributed by atoms with E-state index < -0.39 is 0 Å². The Morgan fingerprint density at radius 2 is 1.90 bits per heavy atom. The van der Waals surface area contributed by atoms with Crippen LogP contribution in [0, 0.1) is 0 Å². The second kappa shape index (κ2) is 4.64. The topological polar surface area (TPSA) is 48.4 Å². The normalized spacial score (nSPS) is 20.7. The smallest absolute Gasteiger partial charge is 0.138 e. The van der Waals surface area contributed by atoms with Crippen LogP contribution in [0.25, 0.3) is 22.3 Å². The minimum atomic E-state index is 0.236. The Bertz CT molecular complexity index is 792. The molecular weight excluding hydrogens is 262 g/mol. The van der Waals surface area contributed by atoms with Crippen LogP contribution in [0.1, 0.15) is 17.9 Å². The maximum Gasteiger partial charge on any atom is 0.138 e.